The second-order valence-corrected chi connectivity index (χ2v) is 4.38. The summed E-state index contributed by atoms with van der Waals surface area (Å²) in [6.07, 6.45) is 0. The Morgan fingerprint density at radius 3 is 2.43 bits per heavy atom. The van der Waals surface area contributed by atoms with Crippen LogP contribution < -0.4 is 15.2 Å². The minimum atomic E-state index is -0.427. The van der Waals surface area contributed by atoms with Crippen LogP contribution in [-0.4, -0.2) is 20.2 Å². The number of nitrogens with two attached hydrogens (primary N) is 1. The van der Waals surface area contributed by atoms with Crippen molar-refractivity contribution in [2.75, 3.05) is 20.0 Å². The predicted molar refractivity (Wildman–Crippen MR) is 79.5 cm³/mol. The highest BCUT2D eigenvalue weighted by atomic mass is 16.5. The highest BCUT2D eigenvalue weighted by Crippen LogP contribution is 2.24. The maximum Gasteiger partial charge on any atom is 0.337 e. The summed E-state index contributed by atoms with van der Waals surface area (Å²) in [6, 6.07) is 12.3. The van der Waals surface area contributed by atoms with E-state index in [0.29, 0.717) is 23.6 Å². The molecule has 0 atom stereocenters. The molecule has 2 rings (SSSR count). The van der Waals surface area contributed by atoms with Crippen molar-refractivity contribution in [1.29, 1.82) is 0 Å². The number of hydrogen-bond donors (Lipinski definition) is 1. The normalized spacial score (nSPS) is 10.0. The molecule has 0 aromatic heterocycles. The van der Waals surface area contributed by atoms with E-state index in [4.69, 9.17) is 15.2 Å². The van der Waals surface area contributed by atoms with Crippen molar-refractivity contribution in [3.63, 3.8) is 0 Å². The van der Waals surface area contributed by atoms with E-state index >= 15 is 0 Å². The first-order chi connectivity index (χ1) is 10.1. The average Bonchev–Trinajstić information content (AvgIpc) is 2.53. The molecule has 21 heavy (non-hydrogen) atoms. The average molecular weight is 287 g/mol. The number of methoxy groups -OCH3 is 2. The lowest BCUT2D eigenvalue weighted by Crippen LogP contribution is -2.04. The van der Waals surface area contributed by atoms with Crippen molar-refractivity contribution >= 4 is 11.7 Å². The Morgan fingerprint density at radius 2 is 1.81 bits per heavy atom. The van der Waals surface area contributed by atoms with E-state index in [2.05, 4.69) is 4.74 Å². The third-order valence-corrected chi connectivity index (χ3v) is 2.99. The van der Waals surface area contributed by atoms with Gasteiger partial charge in [-0.3, -0.25) is 0 Å². The predicted octanol–water partition coefficient (Wildman–Crippen LogP) is 2.64. The molecule has 0 saturated heterocycles. The fraction of sp³-hybridized carbons (Fsp3) is 0.188. The molecule has 2 aromatic rings. The second-order valence-electron chi connectivity index (χ2n) is 4.38. The van der Waals surface area contributed by atoms with Gasteiger partial charge in [-0.15, -0.1) is 0 Å². The molecular weight excluding hydrogens is 270 g/mol. The number of rotatable bonds is 5. The molecule has 5 nitrogen and oxygen atoms in total. The zero-order valence-corrected chi connectivity index (χ0v) is 12.0. The molecule has 0 aliphatic rings. The molecule has 0 fully saturated rings. The van der Waals surface area contributed by atoms with Gasteiger partial charge in [-0.05, 0) is 35.9 Å². The van der Waals surface area contributed by atoms with Crippen molar-refractivity contribution in [3.8, 4) is 11.5 Å². The van der Waals surface area contributed by atoms with Gasteiger partial charge in [0.25, 0.3) is 0 Å². The van der Waals surface area contributed by atoms with Crippen LogP contribution in [0.1, 0.15) is 15.9 Å². The van der Waals surface area contributed by atoms with Crippen LogP contribution in [-0.2, 0) is 11.3 Å². The van der Waals surface area contributed by atoms with Crippen molar-refractivity contribution < 1.29 is 19.0 Å². The molecule has 110 valence electrons. The molecule has 0 aliphatic carbocycles. The topological polar surface area (TPSA) is 70.8 Å². The van der Waals surface area contributed by atoms with Crippen molar-refractivity contribution in [2.45, 2.75) is 6.61 Å². The van der Waals surface area contributed by atoms with Gasteiger partial charge in [0.2, 0.25) is 0 Å². The number of carbonyl (C=O) groups is 1. The monoisotopic (exact) mass is 287 g/mol. The van der Waals surface area contributed by atoms with E-state index in [1.165, 1.54) is 7.11 Å². The Bertz CT molecular complexity index is 623. The fourth-order valence-corrected chi connectivity index (χ4v) is 1.79. The molecule has 0 spiro atoms. The summed E-state index contributed by atoms with van der Waals surface area (Å²) < 4.78 is 15.4. The summed E-state index contributed by atoms with van der Waals surface area (Å²) in [6.45, 7) is 0.346. The lowest BCUT2D eigenvalue weighted by Gasteiger charge is -2.10. The van der Waals surface area contributed by atoms with Gasteiger partial charge in [0.05, 0.1) is 25.5 Å². The van der Waals surface area contributed by atoms with Crippen LogP contribution in [0, 0.1) is 0 Å². The number of carbonyl (C=O) groups excluding carboxylic acids is 1. The van der Waals surface area contributed by atoms with E-state index < -0.39 is 5.97 Å². The van der Waals surface area contributed by atoms with Crippen LogP contribution in [0.3, 0.4) is 0 Å². The Kier molecular flexibility index (Phi) is 4.66. The van der Waals surface area contributed by atoms with Crippen LogP contribution in [0.5, 0.6) is 11.5 Å². The highest BCUT2D eigenvalue weighted by Gasteiger charge is 2.09. The molecule has 0 radical (unpaired) electrons. The maximum atomic E-state index is 11.5. The van der Waals surface area contributed by atoms with Gasteiger partial charge in [0.15, 0.2) is 0 Å². The summed E-state index contributed by atoms with van der Waals surface area (Å²) >= 11 is 0. The van der Waals surface area contributed by atoms with Crippen LogP contribution in [0.25, 0.3) is 0 Å². The van der Waals surface area contributed by atoms with Gasteiger partial charge in [0, 0.05) is 0 Å². The summed E-state index contributed by atoms with van der Waals surface area (Å²) in [5, 5.41) is 0. The summed E-state index contributed by atoms with van der Waals surface area (Å²) in [4.78, 5) is 11.5. The van der Waals surface area contributed by atoms with Gasteiger partial charge < -0.3 is 19.9 Å². The Morgan fingerprint density at radius 1 is 1.10 bits per heavy atom. The van der Waals surface area contributed by atoms with Gasteiger partial charge in [-0.25, -0.2) is 4.79 Å². The quantitative estimate of drug-likeness (QED) is 0.676. The summed E-state index contributed by atoms with van der Waals surface area (Å²) in [7, 11) is 2.95. The number of ether oxygens (including phenoxy) is 3. The summed E-state index contributed by atoms with van der Waals surface area (Å²) in [5.41, 5.74) is 7.68. The Hall–Kier alpha value is -2.69. The Labute approximate surface area is 123 Å². The van der Waals surface area contributed by atoms with Crippen molar-refractivity contribution in [1.82, 2.24) is 0 Å². The first kappa shape index (κ1) is 14.7. The number of nitrogen functional groups attached to an aromatic ring is 1. The summed E-state index contributed by atoms with van der Waals surface area (Å²) in [5.74, 6) is 0.809. The molecular formula is C16H17NO4. The van der Waals surface area contributed by atoms with E-state index in [1.54, 1.807) is 25.3 Å². The lowest BCUT2D eigenvalue weighted by molar-refractivity contribution is 0.0600. The van der Waals surface area contributed by atoms with Gasteiger partial charge in [-0.2, -0.15) is 0 Å². The standard InChI is InChI=1S/C16H17NO4/c1-19-13-6-3-11(4-7-13)10-21-15-9-12(16(18)20-2)5-8-14(15)17/h3-9H,10,17H2,1-2H3. The minimum Gasteiger partial charge on any atom is -0.497 e. The molecule has 0 heterocycles. The molecule has 0 unspecified atom stereocenters. The second kappa shape index (κ2) is 6.65. The molecule has 0 amide bonds. The molecule has 5 heteroatoms. The van der Waals surface area contributed by atoms with E-state index in [9.17, 15) is 4.79 Å². The van der Waals surface area contributed by atoms with Crippen molar-refractivity contribution in [2.24, 2.45) is 0 Å². The molecule has 0 saturated carbocycles. The van der Waals surface area contributed by atoms with E-state index in [1.807, 2.05) is 24.3 Å². The maximum absolute atomic E-state index is 11.5. The SMILES string of the molecule is COC(=O)c1ccc(N)c(OCc2ccc(OC)cc2)c1. The Balaban J connectivity index is 2.09. The number of hydrogen-bond acceptors (Lipinski definition) is 5. The van der Waals surface area contributed by atoms with Gasteiger partial charge in [-0.1, -0.05) is 12.1 Å². The third kappa shape index (κ3) is 3.66. The molecule has 2 aromatic carbocycles. The number of anilines is 1. The zero-order chi connectivity index (χ0) is 15.2. The van der Waals surface area contributed by atoms with E-state index in [0.717, 1.165) is 11.3 Å². The van der Waals surface area contributed by atoms with Crippen LogP contribution in [0.2, 0.25) is 0 Å². The first-order valence-corrected chi connectivity index (χ1v) is 6.37. The number of benzene rings is 2. The largest absolute Gasteiger partial charge is 0.497 e. The smallest absolute Gasteiger partial charge is 0.337 e. The number of esters is 1. The molecule has 0 aliphatic heterocycles. The van der Waals surface area contributed by atoms with Gasteiger partial charge >= 0.3 is 5.97 Å². The minimum absolute atomic E-state index is 0.346. The van der Waals surface area contributed by atoms with Crippen LogP contribution in [0.15, 0.2) is 42.5 Å². The van der Waals surface area contributed by atoms with E-state index in [-0.39, 0.29) is 0 Å². The van der Waals surface area contributed by atoms with Crippen LogP contribution >= 0.6 is 0 Å². The van der Waals surface area contributed by atoms with Crippen molar-refractivity contribution in [3.05, 3.63) is 53.6 Å². The first-order valence-electron chi connectivity index (χ1n) is 6.37. The molecule has 2 N–H and O–H groups in total. The third-order valence-electron chi connectivity index (χ3n) is 2.99. The van der Waals surface area contributed by atoms with Gasteiger partial charge in [0.1, 0.15) is 18.1 Å². The van der Waals surface area contributed by atoms with Crippen LogP contribution in [0.4, 0.5) is 5.69 Å². The lowest BCUT2D eigenvalue weighted by atomic mass is 10.2. The fourth-order valence-electron chi connectivity index (χ4n) is 1.79. The molecule has 0 bridgehead atoms. The highest BCUT2D eigenvalue weighted by molar-refractivity contribution is 5.90. The zero-order valence-electron chi connectivity index (χ0n) is 12.0.